The number of urea groups is 1. The van der Waals surface area contributed by atoms with Crippen LogP contribution in [0.15, 0.2) is 53.4 Å². The highest BCUT2D eigenvalue weighted by Crippen LogP contribution is 2.16. The number of primary sulfonamides is 1. The average Bonchev–Trinajstić information content (AvgIpc) is 2.61. The quantitative estimate of drug-likeness (QED) is 0.508. The largest absolute Gasteiger partial charge is 0.513 e. The Morgan fingerprint density at radius 3 is 2.22 bits per heavy atom. The number of carbonyl (C=O) groups is 2. The molecule has 0 saturated carbocycles. The molecule has 2 aromatic carbocycles. The molecule has 9 nitrogen and oxygen atoms in total. The normalized spacial score (nSPS) is 10.7. The zero-order valence-corrected chi connectivity index (χ0v) is 15.3. The fourth-order valence-electron chi connectivity index (χ4n) is 2.00. The summed E-state index contributed by atoms with van der Waals surface area (Å²) in [5, 5.41) is 10.3. The molecular weight excluding hydrogens is 374 g/mol. The van der Waals surface area contributed by atoms with Crippen LogP contribution in [0.4, 0.5) is 15.3 Å². The monoisotopic (exact) mass is 393 g/mol. The second kappa shape index (κ2) is 9.01. The van der Waals surface area contributed by atoms with Crippen LogP contribution in [-0.4, -0.2) is 27.2 Å². The van der Waals surface area contributed by atoms with E-state index in [4.69, 9.17) is 9.88 Å². The molecule has 2 rings (SSSR count). The number of carbonyl (C=O) groups excluding carboxylic acids is 2. The van der Waals surface area contributed by atoms with Crippen LogP contribution in [-0.2, 0) is 21.3 Å². The first kappa shape index (κ1) is 20.2. The van der Waals surface area contributed by atoms with Gasteiger partial charge in [0, 0.05) is 12.2 Å². The molecule has 27 heavy (non-hydrogen) atoms. The Hall–Kier alpha value is -3.11. The van der Waals surface area contributed by atoms with Crippen molar-refractivity contribution in [1.29, 1.82) is 0 Å². The van der Waals surface area contributed by atoms with Crippen molar-refractivity contribution in [3.05, 3.63) is 54.1 Å². The first-order chi connectivity index (χ1) is 12.8. The zero-order valence-electron chi connectivity index (χ0n) is 14.5. The van der Waals surface area contributed by atoms with Crippen LogP contribution in [0, 0.1) is 0 Å². The molecule has 0 aliphatic heterocycles. The molecule has 0 saturated heterocycles. The molecule has 0 radical (unpaired) electrons. The summed E-state index contributed by atoms with van der Waals surface area (Å²) in [5.74, 6) is 0.286. The van der Waals surface area contributed by atoms with Gasteiger partial charge in [0.25, 0.3) is 0 Å². The van der Waals surface area contributed by atoms with Gasteiger partial charge < -0.3 is 20.1 Å². The Labute approximate surface area is 156 Å². The van der Waals surface area contributed by atoms with E-state index in [0.717, 1.165) is 0 Å². The molecule has 0 aliphatic rings. The lowest BCUT2D eigenvalue weighted by atomic mass is 10.2. The fourth-order valence-corrected chi connectivity index (χ4v) is 2.52. The van der Waals surface area contributed by atoms with Crippen LogP contribution in [0.1, 0.15) is 12.5 Å². The molecule has 0 unspecified atom stereocenters. The van der Waals surface area contributed by atoms with Gasteiger partial charge in [0.2, 0.25) is 10.0 Å². The van der Waals surface area contributed by atoms with E-state index >= 15 is 0 Å². The first-order valence-corrected chi connectivity index (χ1v) is 9.44. The van der Waals surface area contributed by atoms with Crippen molar-refractivity contribution in [3.8, 4) is 5.75 Å². The van der Waals surface area contributed by atoms with Crippen LogP contribution < -0.4 is 20.5 Å². The van der Waals surface area contributed by atoms with Gasteiger partial charge in [0.05, 0.1) is 11.5 Å². The molecule has 10 heteroatoms. The van der Waals surface area contributed by atoms with Crippen molar-refractivity contribution in [1.82, 2.24) is 5.32 Å². The number of hydrogen-bond acceptors (Lipinski definition) is 6. The molecule has 4 N–H and O–H groups in total. The second-order valence-electron chi connectivity index (χ2n) is 5.31. The number of anilines is 1. The SMILES string of the molecule is CCOC(=O)Oc1ccc(NC(=O)NCc2ccc(S(N)(=O)=O)cc2)cc1. The van der Waals surface area contributed by atoms with Crippen LogP contribution in [0.3, 0.4) is 0 Å². The second-order valence-corrected chi connectivity index (χ2v) is 6.87. The standard InChI is InChI=1S/C17H19N3O6S/c1-2-25-17(22)26-14-7-5-13(6-8-14)20-16(21)19-11-12-3-9-15(10-4-12)27(18,23)24/h3-10H,2,11H2,1H3,(H2,18,23,24)(H2,19,20,21). The summed E-state index contributed by atoms with van der Waals surface area (Å²) >= 11 is 0. The summed E-state index contributed by atoms with van der Waals surface area (Å²) < 4.78 is 32.0. The molecule has 0 heterocycles. The Morgan fingerprint density at radius 1 is 1.04 bits per heavy atom. The highest BCUT2D eigenvalue weighted by molar-refractivity contribution is 7.89. The molecule has 0 aliphatic carbocycles. The number of nitrogens with two attached hydrogens (primary N) is 1. The van der Waals surface area contributed by atoms with E-state index in [1.807, 2.05) is 0 Å². The van der Waals surface area contributed by atoms with E-state index in [0.29, 0.717) is 11.3 Å². The van der Waals surface area contributed by atoms with Crippen molar-refractivity contribution in [3.63, 3.8) is 0 Å². The first-order valence-electron chi connectivity index (χ1n) is 7.89. The number of ether oxygens (including phenoxy) is 2. The summed E-state index contributed by atoms with van der Waals surface area (Å²) in [7, 11) is -3.74. The van der Waals surface area contributed by atoms with Crippen molar-refractivity contribution < 1.29 is 27.5 Å². The summed E-state index contributed by atoms with van der Waals surface area (Å²) in [5.41, 5.74) is 1.20. The van der Waals surface area contributed by atoms with Crippen molar-refractivity contribution >= 4 is 27.9 Å². The zero-order chi connectivity index (χ0) is 19.9. The Bertz CT molecular complexity index is 895. The highest BCUT2D eigenvalue weighted by atomic mass is 32.2. The number of nitrogens with one attached hydrogen (secondary N) is 2. The van der Waals surface area contributed by atoms with Gasteiger partial charge in [-0.2, -0.15) is 0 Å². The summed E-state index contributed by atoms with van der Waals surface area (Å²) in [6.45, 7) is 2.07. The number of amides is 2. The summed E-state index contributed by atoms with van der Waals surface area (Å²) in [6.07, 6.45) is -0.801. The van der Waals surface area contributed by atoms with Crippen molar-refractivity contribution in [2.24, 2.45) is 5.14 Å². The topological polar surface area (TPSA) is 137 Å². The van der Waals surface area contributed by atoms with Gasteiger partial charge in [-0.15, -0.1) is 0 Å². The third-order valence-electron chi connectivity index (χ3n) is 3.28. The van der Waals surface area contributed by atoms with Crippen molar-refractivity contribution in [2.45, 2.75) is 18.4 Å². The maximum Gasteiger partial charge on any atom is 0.513 e. The third kappa shape index (κ3) is 6.60. The fraction of sp³-hybridized carbons (Fsp3) is 0.176. The van der Waals surface area contributed by atoms with Crippen LogP contribution in [0.2, 0.25) is 0 Å². The summed E-state index contributed by atoms with van der Waals surface area (Å²) in [6, 6.07) is 11.5. The average molecular weight is 393 g/mol. The molecular formula is C17H19N3O6S. The van der Waals surface area contributed by atoms with Gasteiger partial charge in [-0.1, -0.05) is 12.1 Å². The molecule has 0 bridgehead atoms. The van der Waals surface area contributed by atoms with Gasteiger partial charge in [-0.05, 0) is 48.9 Å². The number of hydrogen-bond donors (Lipinski definition) is 3. The van der Waals surface area contributed by atoms with Crippen LogP contribution in [0.25, 0.3) is 0 Å². The molecule has 2 aromatic rings. The smallest absolute Gasteiger partial charge is 0.434 e. The third-order valence-corrected chi connectivity index (χ3v) is 4.21. The van der Waals surface area contributed by atoms with Crippen LogP contribution >= 0.6 is 0 Å². The van der Waals surface area contributed by atoms with Gasteiger partial charge >= 0.3 is 12.2 Å². The molecule has 0 fully saturated rings. The van der Waals surface area contributed by atoms with Crippen LogP contribution in [0.5, 0.6) is 5.75 Å². The van der Waals surface area contributed by atoms with E-state index < -0.39 is 22.2 Å². The lowest BCUT2D eigenvalue weighted by Gasteiger charge is -2.09. The van der Waals surface area contributed by atoms with E-state index in [-0.39, 0.29) is 23.8 Å². The maximum absolute atomic E-state index is 11.9. The minimum atomic E-state index is -3.74. The number of rotatable bonds is 6. The lowest BCUT2D eigenvalue weighted by molar-refractivity contribution is 0.104. The molecule has 144 valence electrons. The molecule has 0 atom stereocenters. The predicted octanol–water partition coefficient (Wildman–Crippen LogP) is 2.19. The minimum Gasteiger partial charge on any atom is -0.434 e. The van der Waals surface area contributed by atoms with E-state index in [1.165, 1.54) is 24.3 Å². The molecule has 2 amide bonds. The van der Waals surface area contributed by atoms with E-state index in [9.17, 15) is 18.0 Å². The predicted molar refractivity (Wildman–Crippen MR) is 97.8 cm³/mol. The van der Waals surface area contributed by atoms with Gasteiger partial charge in [0.15, 0.2) is 0 Å². The van der Waals surface area contributed by atoms with Gasteiger partial charge in [-0.25, -0.2) is 23.1 Å². The summed E-state index contributed by atoms with van der Waals surface area (Å²) in [4.78, 5) is 23.1. The number of sulfonamides is 1. The Kier molecular flexibility index (Phi) is 6.74. The molecule has 0 spiro atoms. The lowest BCUT2D eigenvalue weighted by Crippen LogP contribution is -2.28. The molecule has 0 aromatic heterocycles. The van der Waals surface area contributed by atoms with E-state index in [2.05, 4.69) is 15.4 Å². The van der Waals surface area contributed by atoms with Gasteiger partial charge in [0.1, 0.15) is 5.75 Å². The van der Waals surface area contributed by atoms with E-state index in [1.54, 1.807) is 31.2 Å². The minimum absolute atomic E-state index is 0.000767. The maximum atomic E-state index is 11.9. The highest BCUT2D eigenvalue weighted by Gasteiger charge is 2.08. The number of benzene rings is 2. The Balaban J connectivity index is 1.84. The van der Waals surface area contributed by atoms with Gasteiger partial charge in [-0.3, -0.25) is 0 Å². The Morgan fingerprint density at radius 2 is 1.67 bits per heavy atom. The van der Waals surface area contributed by atoms with Crippen molar-refractivity contribution in [2.75, 3.05) is 11.9 Å².